The van der Waals surface area contributed by atoms with Gasteiger partial charge in [-0.15, -0.1) is 6.42 Å². The van der Waals surface area contributed by atoms with E-state index >= 15 is 0 Å². The fraction of sp³-hybridized carbons (Fsp3) is 0.235. The maximum Gasteiger partial charge on any atom is 0.121 e. The summed E-state index contributed by atoms with van der Waals surface area (Å²) in [5.41, 5.74) is 3.45. The van der Waals surface area contributed by atoms with Gasteiger partial charge in [0.25, 0.3) is 0 Å². The number of hydrogen-bond acceptors (Lipinski definition) is 2. The van der Waals surface area contributed by atoms with Gasteiger partial charge in [0.1, 0.15) is 5.83 Å². The van der Waals surface area contributed by atoms with Crippen molar-refractivity contribution in [2.24, 2.45) is 0 Å². The normalized spacial score (nSPS) is 17.7. The molecule has 3 heteroatoms. The number of terminal acetylenes is 1. The van der Waals surface area contributed by atoms with E-state index in [1.54, 1.807) is 12.1 Å². The number of hydrogen-bond donors (Lipinski definition) is 1. The molecule has 0 aromatic heterocycles. The van der Waals surface area contributed by atoms with E-state index in [-0.39, 0.29) is 11.9 Å². The molecule has 1 unspecified atom stereocenters. The Bertz CT molecular complexity index is 657. The molecule has 0 aliphatic heterocycles. The average Bonchev–Trinajstić information content (AvgIpc) is 2.45. The van der Waals surface area contributed by atoms with Crippen LogP contribution in [-0.2, 0) is 6.54 Å². The van der Waals surface area contributed by atoms with Crippen molar-refractivity contribution < 1.29 is 4.39 Å². The quantitative estimate of drug-likeness (QED) is 0.853. The summed E-state index contributed by atoms with van der Waals surface area (Å²) in [5, 5.41) is 12.1. The lowest BCUT2D eigenvalue weighted by molar-refractivity contribution is 0.556. The first-order valence-corrected chi connectivity index (χ1v) is 6.40. The molecule has 1 N–H and O–H groups in total. The van der Waals surface area contributed by atoms with Gasteiger partial charge in [-0.25, -0.2) is 4.39 Å². The Morgan fingerprint density at radius 3 is 2.95 bits per heavy atom. The van der Waals surface area contributed by atoms with Crippen molar-refractivity contribution >= 4 is 0 Å². The van der Waals surface area contributed by atoms with Gasteiger partial charge >= 0.3 is 0 Å². The summed E-state index contributed by atoms with van der Waals surface area (Å²) in [6, 6.07) is 7.57. The van der Waals surface area contributed by atoms with Crippen LogP contribution in [0, 0.1) is 30.6 Å². The van der Waals surface area contributed by atoms with E-state index < -0.39 is 0 Å². The van der Waals surface area contributed by atoms with Crippen LogP contribution in [0.3, 0.4) is 0 Å². The van der Waals surface area contributed by atoms with Crippen molar-refractivity contribution in [2.45, 2.75) is 25.9 Å². The molecule has 0 fully saturated rings. The number of nitriles is 1. The first kappa shape index (κ1) is 14.1. The predicted molar refractivity (Wildman–Crippen MR) is 77.2 cm³/mol. The zero-order valence-electron chi connectivity index (χ0n) is 11.3. The third-order valence-corrected chi connectivity index (χ3v) is 3.32. The zero-order chi connectivity index (χ0) is 14.5. The second-order valence-corrected chi connectivity index (χ2v) is 4.81. The minimum Gasteiger partial charge on any atom is -0.306 e. The number of halogens is 1. The Morgan fingerprint density at radius 2 is 2.30 bits per heavy atom. The highest BCUT2D eigenvalue weighted by atomic mass is 19.1. The Balaban J connectivity index is 2.02. The standard InChI is InChI=1S/C17H15FN2/c1-3-13-7-16(18)9-17(8-13)20-11-15-5-4-14(10-19)6-12(15)2/h1,4-7,9,17,20H,8,11H2,2H3. The summed E-state index contributed by atoms with van der Waals surface area (Å²) in [6.07, 6.45) is 8.88. The van der Waals surface area contributed by atoms with E-state index in [9.17, 15) is 4.39 Å². The smallest absolute Gasteiger partial charge is 0.121 e. The van der Waals surface area contributed by atoms with Gasteiger partial charge in [-0.05, 0) is 48.8 Å². The molecular formula is C17H15FN2. The number of nitrogens with zero attached hydrogens (tertiary/aromatic N) is 1. The summed E-state index contributed by atoms with van der Waals surface area (Å²) in [4.78, 5) is 0. The van der Waals surface area contributed by atoms with Crippen LogP contribution in [0.25, 0.3) is 0 Å². The minimum atomic E-state index is -0.293. The highest BCUT2D eigenvalue weighted by Crippen LogP contribution is 2.19. The molecule has 2 rings (SSSR count). The number of allylic oxidation sites excluding steroid dienone is 2. The second-order valence-electron chi connectivity index (χ2n) is 4.81. The highest BCUT2D eigenvalue weighted by molar-refractivity contribution is 5.39. The summed E-state index contributed by atoms with van der Waals surface area (Å²) in [7, 11) is 0. The lowest BCUT2D eigenvalue weighted by Crippen LogP contribution is -2.29. The molecule has 20 heavy (non-hydrogen) atoms. The van der Waals surface area contributed by atoms with E-state index in [1.807, 2.05) is 19.1 Å². The Hall–Kier alpha value is -2.36. The molecule has 0 spiro atoms. The van der Waals surface area contributed by atoms with Gasteiger partial charge in [0, 0.05) is 18.2 Å². The van der Waals surface area contributed by atoms with E-state index in [2.05, 4.69) is 17.3 Å². The number of benzene rings is 1. The lowest BCUT2D eigenvalue weighted by Gasteiger charge is -2.19. The van der Waals surface area contributed by atoms with Crippen LogP contribution in [0.5, 0.6) is 0 Å². The molecule has 1 atom stereocenters. The zero-order valence-corrected chi connectivity index (χ0v) is 11.3. The van der Waals surface area contributed by atoms with Crippen LogP contribution >= 0.6 is 0 Å². The summed E-state index contributed by atoms with van der Waals surface area (Å²) < 4.78 is 13.4. The van der Waals surface area contributed by atoms with Crippen molar-refractivity contribution in [1.82, 2.24) is 5.32 Å². The molecule has 0 saturated carbocycles. The van der Waals surface area contributed by atoms with Crippen LogP contribution in [0.2, 0.25) is 0 Å². The lowest BCUT2D eigenvalue weighted by atomic mass is 9.99. The molecular weight excluding hydrogens is 251 g/mol. The fourth-order valence-corrected chi connectivity index (χ4v) is 2.20. The Kier molecular flexibility index (Phi) is 4.35. The second kappa shape index (κ2) is 6.19. The number of aryl methyl sites for hydroxylation is 1. The third-order valence-electron chi connectivity index (χ3n) is 3.32. The van der Waals surface area contributed by atoms with Gasteiger partial charge in [0.05, 0.1) is 11.6 Å². The van der Waals surface area contributed by atoms with Gasteiger partial charge in [-0.2, -0.15) is 5.26 Å². The van der Waals surface area contributed by atoms with Crippen molar-refractivity contribution in [3.63, 3.8) is 0 Å². The van der Waals surface area contributed by atoms with Gasteiger partial charge in [-0.1, -0.05) is 12.0 Å². The molecule has 1 aromatic rings. The SMILES string of the molecule is C#CC1=CC(F)=CC(NCc2ccc(C#N)cc2C)C1. The molecule has 1 aliphatic carbocycles. The first-order valence-electron chi connectivity index (χ1n) is 6.40. The van der Waals surface area contributed by atoms with Gasteiger partial charge < -0.3 is 5.32 Å². The summed E-state index contributed by atoms with van der Waals surface area (Å²) >= 11 is 0. The molecule has 0 heterocycles. The molecule has 1 aliphatic rings. The van der Waals surface area contributed by atoms with E-state index in [0.29, 0.717) is 24.1 Å². The largest absolute Gasteiger partial charge is 0.306 e. The summed E-state index contributed by atoms with van der Waals surface area (Å²) in [5.74, 6) is 2.20. The Labute approximate surface area is 118 Å². The molecule has 0 amide bonds. The molecule has 0 saturated heterocycles. The fourth-order valence-electron chi connectivity index (χ4n) is 2.20. The van der Waals surface area contributed by atoms with Crippen LogP contribution in [-0.4, -0.2) is 6.04 Å². The third kappa shape index (κ3) is 3.35. The maximum absolute atomic E-state index is 13.4. The average molecular weight is 266 g/mol. The van der Waals surface area contributed by atoms with Crippen molar-refractivity contribution in [2.75, 3.05) is 0 Å². The van der Waals surface area contributed by atoms with Crippen molar-refractivity contribution in [3.8, 4) is 18.4 Å². The molecule has 2 nitrogen and oxygen atoms in total. The van der Waals surface area contributed by atoms with Crippen LogP contribution in [0.15, 0.2) is 41.8 Å². The van der Waals surface area contributed by atoms with E-state index in [0.717, 1.165) is 11.1 Å². The highest BCUT2D eigenvalue weighted by Gasteiger charge is 2.14. The maximum atomic E-state index is 13.4. The minimum absolute atomic E-state index is 0.0962. The van der Waals surface area contributed by atoms with E-state index in [1.165, 1.54) is 6.08 Å². The van der Waals surface area contributed by atoms with Crippen LogP contribution in [0.1, 0.15) is 23.1 Å². The monoisotopic (exact) mass is 266 g/mol. The Morgan fingerprint density at radius 1 is 1.50 bits per heavy atom. The molecule has 1 aromatic carbocycles. The number of rotatable bonds is 3. The van der Waals surface area contributed by atoms with Gasteiger partial charge in [0.2, 0.25) is 0 Å². The van der Waals surface area contributed by atoms with E-state index in [4.69, 9.17) is 11.7 Å². The van der Waals surface area contributed by atoms with Crippen molar-refractivity contribution in [3.05, 3.63) is 58.4 Å². The topological polar surface area (TPSA) is 35.8 Å². The first-order chi connectivity index (χ1) is 9.62. The van der Waals surface area contributed by atoms with Crippen molar-refractivity contribution in [1.29, 1.82) is 5.26 Å². The molecule has 0 bridgehead atoms. The summed E-state index contributed by atoms with van der Waals surface area (Å²) in [6.45, 7) is 2.58. The molecule has 100 valence electrons. The number of nitrogens with one attached hydrogen (secondary N) is 1. The van der Waals surface area contributed by atoms with Gasteiger partial charge in [0.15, 0.2) is 0 Å². The van der Waals surface area contributed by atoms with Crippen LogP contribution < -0.4 is 5.32 Å². The predicted octanol–water partition coefficient (Wildman–Crippen LogP) is 3.14. The van der Waals surface area contributed by atoms with Gasteiger partial charge in [-0.3, -0.25) is 0 Å². The van der Waals surface area contributed by atoms with Crippen LogP contribution in [0.4, 0.5) is 4.39 Å². The molecule has 0 radical (unpaired) electrons.